The largest absolute Gasteiger partial charge is 0.394 e. The van der Waals surface area contributed by atoms with Crippen molar-refractivity contribution in [3.8, 4) is 0 Å². The zero-order valence-electron chi connectivity index (χ0n) is 55.6. The molecule has 3 heterocycles. The molecule has 19 nitrogen and oxygen atoms in total. The topological polar surface area (TPSA) is 307 Å². The lowest BCUT2D eigenvalue weighted by Gasteiger charge is -2.48. The quantitative estimate of drug-likeness (QED) is 0.0199. The van der Waals surface area contributed by atoms with Crippen molar-refractivity contribution < 1.29 is 89.4 Å². The van der Waals surface area contributed by atoms with E-state index in [9.17, 15) is 61.0 Å². The summed E-state index contributed by atoms with van der Waals surface area (Å²) in [4.78, 5) is 13.3. The number of aliphatic hydroxyl groups excluding tert-OH is 11. The van der Waals surface area contributed by atoms with Gasteiger partial charge in [-0.15, -0.1) is 0 Å². The third-order valence-corrected chi connectivity index (χ3v) is 17.9. The van der Waals surface area contributed by atoms with Crippen molar-refractivity contribution in [2.45, 2.75) is 369 Å². The van der Waals surface area contributed by atoms with Crippen molar-refractivity contribution in [3.63, 3.8) is 0 Å². The molecule has 3 fully saturated rings. The van der Waals surface area contributed by atoms with E-state index >= 15 is 0 Å². The molecular weight excluding hydrogens is 1150 g/mol. The molecule has 0 aromatic heterocycles. The summed E-state index contributed by atoms with van der Waals surface area (Å²) >= 11 is 0. The Bertz CT molecular complexity index is 1820. The van der Waals surface area contributed by atoms with Gasteiger partial charge in [0.2, 0.25) is 5.91 Å². The molecule has 17 atom stereocenters. The van der Waals surface area contributed by atoms with Crippen LogP contribution in [0.15, 0.2) is 48.6 Å². The van der Waals surface area contributed by atoms with Gasteiger partial charge in [0.1, 0.15) is 73.2 Å². The molecule has 19 heteroatoms. The minimum absolute atomic E-state index is 0.207. The van der Waals surface area contributed by atoms with Crippen LogP contribution in [0.1, 0.15) is 264 Å². The van der Waals surface area contributed by atoms with Gasteiger partial charge in [0.15, 0.2) is 18.9 Å². The molecule has 3 rings (SSSR count). The van der Waals surface area contributed by atoms with Crippen LogP contribution in [0.2, 0.25) is 0 Å². The first kappa shape index (κ1) is 82.0. The number of carbonyl (C=O) groups excluding carboxylic acids is 1. The molecule has 3 saturated heterocycles. The van der Waals surface area contributed by atoms with Crippen molar-refractivity contribution in [1.29, 1.82) is 0 Å². The second kappa shape index (κ2) is 53.0. The van der Waals surface area contributed by atoms with E-state index in [1.807, 2.05) is 6.08 Å². The van der Waals surface area contributed by atoms with Crippen LogP contribution in [0.3, 0.4) is 0 Å². The van der Waals surface area contributed by atoms with E-state index in [-0.39, 0.29) is 18.9 Å². The first-order valence-electron chi connectivity index (χ1n) is 35.9. The number of unbranched alkanes of at least 4 members (excludes halogenated alkanes) is 33. The number of hydrogen-bond donors (Lipinski definition) is 12. The van der Waals surface area contributed by atoms with E-state index in [1.54, 1.807) is 6.08 Å². The summed E-state index contributed by atoms with van der Waals surface area (Å²) < 4.78 is 34.3. The monoisotopic (exact) mass is 1280 g/mol. The van der Waals surface area contributed by atoms with Crippen molar-refractivity contribution in [2.24, 2.45) is 0 Å². The predicted molar refractivity (Wildman–Crippen MR) is 351 cm³/mol. The SMILES string of the molecule is CC/C=C\C/C=C\C/C=C\CCCCCC(=O)NC(COC1OC(CO)C(OC2OC(CO)C(OC3OC(CO)C(O)C(O)C3O)C(O)C2O)C(O)C1O)C(O)/C=C/CCCCCCCCCCCCCCCCCCCCCCCCCCCCCCCC. The summed E-state index contributed by atoms with van der Waals surface area (Å²) in [7, 11) is 0. The minimum atomic E-state index is -1.98. The molecule has 0 spiro atoms. The van der Waals surface area contributed by atoms with E-state index in [0.717, 1.165) is 64.2 Å². The molecule has 3 aliphatic rings. The summed E-state index contributed by atoms with van der Waals surface area (Å²) in [5.41, 5.74) is 0. The van der Waals surface area contributed by atoms with Crippen molar-refractivity contribution >= 4 is 5.91 Å². The smallest absolute Gasteiger partial charge is 0.220 e. The second-order valence-electron chi connectivity index (χ2n) is 25.7. The third-order valence-electron chi connectivity index (χ3n) is 17.9. The molecule has 17 unspecified atom stereocenters. The molecular formula is C71H129NO18. The Labute approximate surface area is 542 Å². The molecule has 1 amide bonds. The maximum absolute atomic E-state index is 13.3. The van der Waals surface area contributed by atoms with E-state index in [2.05, 4.69) is 55.6 Å². The van der Waals surface area contributed by atoms with E-state index in [4.69, 9.17) is 28.4 Å². The number of allylic oxidation sites excluding steroid dienone is 7. The van der Waals surface area contributed by atoms with Crippen LogP contribution < -0.4 is 5.32 Å². The van der Waals surface area contributed by atoms with Crippen LogP contribution in [0.4, 0.5) is 0 Å². The van der Waals surface area contributed by atoms with E-state index in [0.29, 0.717) is 6.42 Å². The van der Waals surface area contributed by atoms with Gasteiger partial charge in [0.25, 0.3) is 0 Å². The number of aliphatic hydroxyl groups is 11. The lowest BCUT2D eigenvalue weighted by atomic mass is 9.96. The normalized spacial score (nSPS) is 28.3. The molecule has 0 radical (unpaired) electrons. The number of rotatable bonds is 55. The Hall–Kier alpha value is -2.25. The van der Waals surface area contributed by atoms with Gasteiger partial charge in [0.05, 0.1) is 38.6 Å². The Kier molecular flexibility index (Phi) is 48.2. The molecule has 0 saturated carbocycles. The van der Waals surface area contributed by atoms with Crippen LogP contribution in [-0.4, -0.2) is 193 Å². The van der Waals surface area contributed by atoms with Crippen LogP contribution in [0.25, 0.3) is 0 Å². The number of ether oxygens (including phenoxy) is 6. The number of amides is 1. The van der Waals surface area contributed by atoms with Gasteiger partial charge in [-0.2, -0.15) is 0 Å². The number of carbonyl (C=O) groups is 1. The fourth-order valence-corrected chi connectivity index (χ4v) is 12.1. The first-order valence-corrected chi connectivity index (χ1v) is 35.9. The fraction of sp³-hybridized carbons (Fsp3) is 0.873. The highest BCUT2D eigenvalue weighted by molar-refractivity contribution is 5.76. The maximum Gasteiger partial charge on any atom is 0.220 e. The lowest BCUT2D eigenvalue weighted by molar-refractivity contribution is -0.379. The Balaban J connectivity index is 1.37. The lowest BCUT2D eigenvalue weighted by Crippen LogP contribution is -2.66. The highest BCUT2D eigenvalue weighted by atomic mass is 16.8. The predicted octanol–water partition coefficient (Wildman–Crippen LogP) is 9.78. The van der Waals surface area contributed by atoms with Gasteiger partial charge < -0.3 is 89.9 Å². The van der Waals surface area contributed by atoms with Crippen LogP contribution in [0, 0.1) is 0 Å². The van der Waals surface area contributed by atoms with E-state index < -0.39 is 124 Å². The van der Waals surface area contributed by atoms with Gasteiger partial charge in [-0.1, -0.05) is 255 Å². The summed E-state index contributed by atoms with van der Waals surface area (Å²) in [5.74, 6) is -0.304. The van der Waals surface area contributed by atoms with Crippen LogP contribution in [0.5, 0.6) is 0 Å². The van der Waals surface area contributed by atoms with Gasteiger partial charge in [-0.25, -0.2) is 0 Å². The van der Waals surface area contributed by atoms with Crippen molar-refractivity contribution in [2.75, 3.05) is 26.4 Å². The summed E-state index contributed by atoms with van der Waals surface area (Å²) in [5, 5.41) is 120. The minimum Gasteiger partial charge on any atom is -0.394 e. The molecule has 0 aromatic rings. The Morgan fingerprint density at radius 1 is 0.411 bits per heavy atom. The van der Waals surface area contributed by atoms with Crippen molar-refractivity contribution in [1.82, 2.24) is 5.32 Å². The molecule has 12 N–H and O–H groups in total. The zero-order valence-corrected chi connectivity index (χ0v) is 55.6. The average Bonchev–Trinajstić information content (AvgIpc) is 0.851. The summed E-state index contributed by atoms with van der Waals surface area (Å²) in [6.07, 6.45) is 37.0. The highest BCUT2D eigenvalue weighted by Crippen LogP contribution is 2.33. The first-order chi connectivity index (χ1) is 43.8. The molecule has 0 bridgehead atoms. The average molecular weight is 1280 g/mol. The number of hydrogen-bond acceptors (Lipinski definition) is 18. The van der Waals surface area contributed by atoms with E-state index in [1.165, 1.54) is 173 Å². The van der Waals surface area contributed by atoms with Gasteiger partial charge in [-0.3, -0.25) is 4.79 Å². The molecule has 3 aliphatic heterocycles. The fourth-order valence-electron chi connectivity index (χ4n) is 12.1. The number of nitrogens with one attached hydrogen (secondary N) is 1. The molecule has 0 aromatic carbocycles. The maximum atomic E-state index is 13.3. The standard InChI is InChI=1S/C71H129NO18/c1-3-5-7-9-11-13-15-17-18-19-20-21-22-23-24-25-26-27-28-29-30-31-32-33-34-35-37-38-40-42-44-46-48-55(76)54(72-59(77)49-47-45-43-41-39-36-16-14-12-10-8-6-4-2)53-85-69-65(83)62(80)67(57(51-74)87-69)90-71-66(84)63(81)68(58(52-75)88-71)89-70-64(82)61(79)60(78)56(50-73)86-70/h6,8,12,14,36,39,46,48,54-58,60-71,73-76,78-84H,3-5,7,9-11,13,15-35,37-38,40-45,47,49-53H2,1-2H3,(H,72,77)/b8-6-,14-12-,39-36-,48-46+. The second-order valence-corrected chi connectivity index (χ2v) is 25.7. The third kappa shape index (κ3) is 34.4. The Morgan fingerprint density at radius 3 is 1.20 bits per heavy atom. The Morgan fingerprint density at radius 2 is 0.767 bits per heavy atom. The van der Waals surface area contributed by atoms with Crippen LogP contribution >= 0.6 is 0 Å². The van der Waals surface area contributed by atoms with Crippen molar-refractivity contribution in [3.05, 3.63) is 48.6 Å². The molecule has 526 valence electrons. The van der Waals surface area contributed by atoms with Gasteiger partial charge >= 0.3 is 0 Å². The molecule has 90 heavy (non-hydrogen) atoms. The zero-order chi connectivity index (χ0) is 65.4. The molecule has 0 aliphatic carbocycles. The van der Waals surface area contributed by atoms with Crippen LogP contribution in [-0.2, 0) is 33.2 Å². The van der Waals surface area contributed by atoms with Gasteiger partial charge in [0, 0.05) is 6.42 Å². The summed E-state index contributed by atoms with van der Waals surface area (Å²) in [6.45, 7) is 1.60. The summed E-state index contributed by atoms with van der Waals surface area (Å²) in [6, 6.07) is -0.990. The van der Waals surface area contributed by atoms with Gasteiger partial charge in [-0.05, 0) is 51.4 Å². The highest BCUT2D eigenvalue weighted by Gasteiger charge is 2.53.